The molecule has 1 aromatic carbocycles. The molecule has 3 heterocycles. The molecule has 6 heteroatoms. The Bertz CT molecular complexity index is 845. The Kier molecular flexibility index (Phi) is 5.31. The van der Waals surface area contributed by atoms with Crippen LogP contribution in [0.2, 0.25) is 0 Å². The minimum absolute atomic E-state index is 0.145. The van der Waals surface area contributed by atoms with Crippen LogP contribution >= 0.6 is 0 Å². The minimum atomic E-state index is 0.145. The third-order valence-corrected chi connectivity index (χ3v) is 5.44. The van der Waals surface area contributed by atoms with Crippen molar-refractivity contribution in [1.29, 1.82) is 0 Å². The molecule has 2 aliphatic rings. The average Bonchev–Trinajstić information content (AvgIpc) is 2.72. The van der Waals surface area contributed by atoms with E-state index in [4.69, 9.17) is 14.7 Å². The Labute approximate surface area is 166 Å². The standard InChI is InChI=1S/C22H28N4O2/c1-4-20(27)25-11-10-19-18(14-25)22(26-12-15(2)28-16(3)13-26)24-21(23-19)17-8-6-5-7-9-17/h5-9,15-16H,4,10-14H2,1-3H3/t15-,16-/m1/s1. The van der Waals surface area contributed by atoms with Crippen molar-refractivity contribution in [2.45, 2.75) is 52.4 Å². The molecule has 2 aliphatic heterocycles. The highest BCUT2D eigenvalue weighted by Crippen LogP contribution is 2.31. The zero-order valence-corrected chi connectivity index (χ0v) is 16.9. The summed E-state index contributed by atoms with van der Waals surface area (Å²) >= 11 is 0. The van der Waals surface area contributed by atoms with Crippen LogP contribution < -0.4 is 4.90 Å². The van der Waals surface area contributed by atoms with Gasteiger partial charge in [-0.15, -0.1) is 0 Å². The van der Waals surface area contributed by atoms with Crippen LogP contribution in [0.3, 0.4) is 0 Å². The number of rotatable bonds is 3. The van der Waals surface area contributed by atoms with E-state index in [1.165, 1.54) is 0 Å². The molecule has 1 saturated heterocycles. The number of amides is 1. The number of carbonyl (C=O) groups is 1. The molecule has 0 saturated carbocycles. The predicted octanol–water partition coefficient (Wildman–Crippen LogP) is 3.05. The van der Waals surface area contributed by atoms with Gasteiger partial charge in [0, 0.05) is 43.6 Å². The van der Waals surface area contributed by atoms with Crippen molar-refractivity contribution in [3.63, 3.8) is 0 Å². The summed E-state index contributed by atoms with van der Waals surface area (Å²) in [5.41, 5.74) is 3.18. The number of ether oxygens (including phenoxy) is 1. The second kappa shape index (κ2) is 7.87. The molecule has 0 unspecified atom stereocenters. The predicted molar refractivity (Wildman–Crippen MR) is 109 cm³/mol. The summed E-state index contributed by atoms with van der Waals surface area (Å²) < 4.78 is 5.92. The quantitative estimate of drug-likeness (QED) is 0.819. The van der Waals surface area contributed by atoms with Crippen molar-refractivity contribution in [1.82, 2.24) is 14.9 Å². The highest BCUT2D eigenvalue weighted by Gasteiger charge is 2.30. The van der Waals surface area contributed by atoms with Crippen LogP contribution in [0.1, 0.15) is 38.4 Å². The van der Waals surface area contributed by atoms with E-state index >= 15 is 0 Å². The molecular formula is C22H28N4O2. The molecule has 0 spiro atoms. The maximum atomic E-state index is 12.3. The first-order valence-corrected chi connectivity index (χ1v) is 10.2. The molecule has 1 amide bonds. The lowest BCUT2D eigenvalue weighted by Gasteiger charge is -2.39. The van der Waals surface area contributed by atoms with Gasteiger partial charge in [0.2, 0.25) is 5.91 Å². The van der Waals surface area contributed by atoms with Gasteiger partial charge < -0.3 is 14.5 Å². The van der Waals surface area contributed by atoms with E-state index in [9.17, 15) is 4.79 Å². The third kappa shape index (κ3) is 3.74. The SMILES string of the molecule is CCC(=O)N1CCc2nc(-c3ccccc3)nc(N3C[C@@H](C)O[C@H](C)C3)c2C1. The monoisotopic (exact) mass is 380 g/mol. The normalized spacial score (nSPS) is 22.1. The van der Waals surface area contributed by atoms with Crippen molar-refractivity contribution in [3.8, 4) is 11.4 Å². The fourth-order valence-electron chi connectivity index (χ4n) is 4.16. The first-order chi connectivity index (χ1) is 13.5. The Morgan fingerprint density at radius 2 is 1.86 bits per heavy atom. The summed E-state index contributed by atoms with van der Waals surface area (Å²) in [5.74, 6) is 1.91. The van der Waals surface area contributed by atoms with E-state index in [-0.39, 0.29) is 18.1 Å². The second-order valence-electron chi connectivity index (χ2n) is 7.74. The first-order valence-electron chi connectivity index (χ1n) is 10.2. The maximum absolute atomic E-state index is 12.3. The molecule has 4 rings (SSSR count). The molecule has 0 bridgehead atoms. The van der Waals surface area contributed by atoms with E-state index in [0.29, 0.717) is 13.0 Å². The lowest BCUT2D eigenvalue weighted by Crippen LogP contribution is -2.47. The minimum Gasteiger partial charge on any atom is -0.372 e. The van der Waals surface area contributed by atoms with Gasteiger partial charge in [0.1, 0.15) is 5.82 Å². The van der Waals surface area contributed by atoms with Crippen molar-refractivity contribution >= 4 is 11.7 Å². The van der Waals surface area contributed by atoms with Crippen LogP contribution in [0.5, 0.6) is 0 Å². The number of fused-ring (bicyclic) bond motifs is 1. The van der Waals surface area contributed by atoms with Gasteiger partial charge in [-0.3, -0.25) is 4.79 Å². The van der Waals surface area contributed by atoms with E-state index in [2.05, 4.69) is 18.7 Å². The number of nitrogens with zero attached hydrogens (tertiary/aromatic N) is 4. The molecule has 0 radical (unpaired) electrons. The number of benzene rings is 1. The molecular weight excluding hydrogens is 352 g/mol. The summed E-state index contributed by atoms with van der Waals surface area (Å²) in [5, 5.41) is 0. The number of anilines is 1. The lowest BCUT2D eigenvalue weighted by molar-refractivity contribution is -0.131. The van der Waals surface area contributed by atoms with Crippen LogP contribution in [0.25, 0.3) is 11.4 Å². The molecule has 1 aromatic heterocycles. The summed E-state index contributed by atoms with van der Waals surface area (Å²) in [4.78, 5) is 26.4. The Hall–Kier alpha value is -2.47. The molecule has 0 N–H and O–H groups in total. The smallest absolute Gasteiger partial charge is 0.222 e. The molecule has 2 atom stereocenters. The third-order valence-electron chi connectivity index (χ3n) is 5.44. The van der Waals surface area contributed by atoms with Crippen molar-refractivity contribution in [2.24, 2.45) is 0 Å². The molecule has 2 aromatic rings. The number of hydrogen-bond acceptors (Lipinski definition) is 5. The van der Waals surface area contributed by atoms with E-state index in [1.807, 2.05) is 42.2 Å². The Morgan fingerprint density at radius 1 is 1.14 bits per heavy atom. The van der Waals surface area contributed by atoms with Gasteiger partial charge in [0.25, 0.3) is 0 Å². The highest BCUT2D eigenvalue weighted by atomic mass is 16.5. The van der Waals surface area contributed by atoms with E-state index < -0.39 is 0 Å². The van der Waals surface area contributed by atoms with E-state index in [0.717, 1.165) is 54.5 Å². The summed E-state index contributed by atoms with van der Waals surface area (Å²) in [6.07, 6.45) is 1.59. The Balaban J connectivity index is 1.78. The van der Waals surface area contributed by atoms with Gasteiger partial charge in [0.15, 0.2) is 5.82 Å². The number of morpholine rings is 1. The number of aromatic nitrogens is 2. The zero-order valence-electron chi connectivity index (χ0n) is 16.9. The number of hydrogen-bond donors (Lipinski definition) is 0. The number of carbonyl (C=O) groups excluding carboxylic acids is 1. The van der Waals surface area contributed by atoms with Crippen LogP contribution in [0.4, 0.5) is 5.82 Å². The fourth-order valence-corrected chi connectivity index (χ4v) is 4.16. The lowest BCUT2D eigenvalue weighted by atomic mass is 10.0. The van der Waals surface area contributed by atoms with Crippen molar-refractivity contribution in [3.05, 3.63) is 41.6 Å². The molecule has 1 fully saturated rings. The van der Waals surface area contributed by atoms with Gasteiger partial charge in [-0.05, 0) is 13.8 Å². The van der Waals surface area contributed by atoms with Crippen molar-refractivity contribution in [2.75, 3.05) is 24.5 Å². The molecule has 148 valence electrons. The highest BCUT2D eigenvalue weighted by molar-refractivity contribution is 5.76. The van der Waals surface area contributed by atoms with Gasteiger partial charge in [-0.25, -0.2) is 9.97 Å². The summed E-state index contributed by atoms with van der Waals surface area (Å²) in [6, 6.07) is 10.1. The molecule has 28 heavy (non-hydrogen) atoms. The van der Waals surface area contributed by atoms with Crippen LogP contribution in [-0.2, 0) is 22.5 Å². The average molecular weight is 380 g/mol. The molecule has 6 nitrogen and oxygen atoms in total. The zero-order chi connectivity index (χ0) is 19.7. The summed E-state index contributed by atoms with van der Waals surface area (Å²) in [6.45, 7) is 9.02. The van der Waals surface area contributed by atoms with Gasteiger partial charge in [-0.2, -0.15) is 0 Å². The van der Waals surface area contributed by atoms with Crippen LogP contribution in [-0.4, -0.2) is 52.6 Å². The van der Waals surface area contributed by atoms with Gasteiger partial charge in [-0.1, -0.05) is 37.3 Å². The van der Waals surface area contributed by atoms with Gasteiger partial charge >= 0.3 is 0 Å². The van der Waals surface area contributed by atoms with Crippen LogP contribution in [0.15, 0.2) is 30.3 Å². The largest absolute Gasteiger partial charge is 0.372 e. The van der Waals surface area contributed by atoms with E-state index in [1.54, 1.807) is 0 Å². The van der Waals surface area contributed by atoms with Crippen molar-refractivity contribution < 1.29 is 9.53 Å². The Morgan fingerprint density at radius 3 is 2.54 bits per heavy atom. The second-order valence-corrected chi connectivity index (χ2v) is 7.74. The maximum Gasteiger partial charge on any atom is 0.222 e. The van der Waals surface area contributed by atoms with Gasteiger partial charge in [0.05, 0.1) is 24.4 Å². The topological polar surface area (TPSA) is 58.6 Å². The summed E-state index contributed by atoms with van der Waals surface area (Å²) in [7, 11) is 0. The fraction of sp³-hybridized carbons (Fsp3) is 0.500. The molecule has 0 aliphatic carbocycles. The first kappa shape index (κ1) is 18.9. The van der Waals surface area contributed by atoms with Crippen LogP contribution in [0, 0.1) is 0 Å².